The summed E-state index contributed by atoms with van der Waals surface area (Å²) in [5.41, 5.74) is 2.32. The fourth-order valence-corrected chi connectivity index (χ4v) is 6.08. The second-order valence-corrected chi connectivity index (χ2v) is 12.0. The van der Waals surface area contributed by atoms with Crippen LogP contribution in [0.1, 0.15) is 46.1 Å². The molecule has 1 aromatic heterocycles. The van der Waals surface area contributed by atoms with Crippen molar-refractivity contribution in [1.82, 2.24) is 9.55 Å². The molecule has 0 aliphatic heterocycles. The van der Waals surface area contributed by atoms with Crippen LogP contribution in [0.4, 0.5) is 39.3 Å². The standard InChI is InChI=1S/C32H33F5N4O4/c1-19-13-22(17-31(2,3)16-19)41-27-12-11-24(43-18-28(42)38-21-5-4-6-25(14-21)44-29(33)34)15-26(27)40-30(41)39-20-7-9-23(10-8-20)45-32(35,36)37/h4-12,14-15,19,22,29H,13,16-18H2,1-3H3,(H,38,42)(H,39,40)/t19-,22-/m1/s1. The van der Waals surface area contributed by atoms with Gasteiger partial charge in [0.15, 0.2) is 6.61 Å². The number of halogens is 5. The molecule has 1 saturated carbocycles. The molecular formula is C32H33F5N4O4. The van der Waals surface area contributed by atoms with Crippen LogP contribution in [0, 0.1) is 11.3 Å². The Bertz CT molecular complexity index is 1640. The minimum Gasteiger partial charge on any atom is -0.484 e. The van der Waals surface area contributed by atoms with Crippen molar-refractivity contribution >= 4 is 34.3 Å². The normalized spacial score (nSPS) is 18.1. The van der Waals surface area contributed by atoms with Crippen LogP contribution in [0.2, 0.25) is 0 Å². The summed E-state index contributed by atoms with van der Waals surface area (Å²) >= 11 is 0. The molecule has 3 aromatic carbocycles. The van der Waals surface area contributed by atoms with Crippen LogP contribution in [-0.2, 0) is 4.79 Å². The fourth-order valence-electron chi connectivity index (χ4n) is 6.08. The highest BCUT2D eigenvalue weighted by Crippen LogP contribution is 2.46. The van der Waals surface area contributed by atoms with E-state index in [1.165, 1.54) is 48.5 Å². The van der Waals surface area contributed by atoms with Crippen LogP contribution in [-0.4, -0.2) is 35.0 Å². The van der Waals surface area contributed by atoms with E-state index in [4.69, 9.17) is 9.72 Å². The van der Waals surface area contributed by atoms with Crippen molar-refractivity contribution < 1.29 is 41.0 Å². The number of alkyl halides is 5. The molecule has 0 bridgehead atoms. The maximum Gasteiger partial charge on any atom is 0.573 e. The molecule has 0 unspecified atom stereocenters. The average molecular weight is 633 g/mol. The van der Waals surface area contributed by atoms with Crippen LogP contribution in [0.25, 0.3) is 11.0 Å². The number of imidazole rings is 1. The van der Waals surface area contributed by atoms with E-state index in [9.17, 15) is 26.7 Å². The Hall–Kier alpha value is -4.55. The summed E-state index contributed by atoms with van der Waals surface area (Å²) in [5.74, 6) is 0.444. The highest BCUT2D eigenvalue weighted by molar-refractivity contribution is 5.92. The predicted octanol–water partition coefficient (Wildman–Crippen LogP) is 8.68. The summed E-state index contributed by atoms with van der Waals surface area (Å²) in [6.45, 7) is 3.36. The van der Waals surface area contributed by atoms with Gasteiger partial charge in [0, 0.05) is 29.5 Å². The Morgan fingerprint density at radius 1 is 1.00 bits per heavy atom. The third-order valence-corrected chi connectivity index (χ3v) is 7.45. The van der Waals surface area contributed by atoms with Crippen LogP contribution in [0.3, 0.4) is 0 Å². The maximum atomic E-state index is 12.6. The van der Waals surface area contributed by atoms with E-state index < -0.39 is 18.9 Å². The number of rotatable bonds is 10. The number of hydrogen-bond acceptors (Lipinski definition) is 6. The number of fused-ring (bicyclic) bond motifs is 1. The number of nitrogens with zero attached hydrogens (tertiary/aromatic N) is 2. The van der Waals surface area contributed by atoms with Crippen LogP contribution < -0.4 is 24.8 Å². The Kier molecular flexibility index (Phi) is 9.08. The van der Waals surface area contributed by atoms with Gasteiger partial charge in [-0.1, -0.05) is 26.8 Å². The lowest BCUT2D eigenvalue weighted by molar-refractivity contribution is -0.274. The first kappa shape index (κ1) is 31.9. The number of amides is 1. The number of ether oxygens (including phenoxy) is 3. The van der Waals surface area contributed by atoms with E-state index in [-0.39, 0.29) is 35.3 Å². The van der Waals surface area contributed by atoms with Gasteiger partial charge in [0.1, 0.15) is 17.2 Å². The average Bonchev–Trinajstić information content (AvgIpc) is 3.28. The third kappa shape index (κ3) is 8.55. The molecule has 45 heavy (non-hydrogen) atoms. The van der Waals surface area contributed by atoms with E-state index in [0.29, 0.717) is 28.8 Å². The first-order valence-corrected chi connectivity index (χ1v) is 14.4. The molecule has 1 aliphatic rings. The Balaban J connectivity index is 1.36. The van der Waals surface area contributed by atoms with E-state index in [1.807, 2.05) is 6.07 Å². The van der Waals surface area contributed by atoms with Gasteiger partial charge in [0.25, 0.3) is 5.91 Å². The van der Waals surface area contributed by atoms with Gasteiger partial charge >= 0.3 is 13.0 Å². The molecule has 5 rings (SSSR count). The minimum atomic E-state index is -4.79. The molecule has 1 aliphatic carbocycles. The molecule has 240 valence electrons. The van der Waals surface area contributed by atoms with Gasteiger partial charge in [-0.3, -0.25) is 4.79 Å². The highest BCUT2D eigenvalue weighted by atomic mass is 19.4. The van der Waals surface area contributed by atoms with Crippen molar-refractivity contribution in [3.63, 3.8) is 0 Å². The maximum absolute atomic E-state index is 12.6. The van der Waals surface area contributed by atoms with E-state index in [0.717, 1.165) is 24.8 Å². The van der Waals surface area contributed by atoms with Gasteiger partial charge in [-0.25, -0.2) is 4.98 Å². The molecular weight excluding hydrogens is 599 g/mol. The summed E-state index contributed by atoms with van der Waals surface area (Å²) in [6, 6.07) is 16.5. The lowest BCUT2D eigenvalue weighted by Gasteiger charge is -2.40. The zero-order chi connectivity index (χ0) is 32.4. The molecule has 8 nitrogen and oxygen atoms in total. The molecule has 2 atom stereocenters. The zero-order valence-corrected chi connectivity index (χ0v) is 24.8. The topological polar surface area (TPSA) is 86.6 Å². The quantitative estimate of drug-likeness (QED) is 0.170. The molecule has 1 amide bonds. The van der Waals surface area contributed by atoms with Gasteiger partial charge in [-0.2, -0.15) is 8.78 Å². The number of hydrogen-bond donors (Lipinski definition) is 2. The number of aromatic nitrogens is 2. The molecule has 0 saturated heterocycles. The van der Waals surface area contributed by atoms with Crippen molar-refractivity contribution in [2.75, 3.05) is 17.2 Å². The zero-order valence-electron chi connectivity index (χ0n) is 24.8. The number of anilines is 3. The number of benzene rings is 3. The Morgan fingerprint density at radius 3 is 2.42 bits per heavy atom. The van der Waals surface area contributed by atoms with E-state index in [2.05, 4.69) is 45.4 Å². The van der Waals surface area contributed by atoms with Gasteiger partial charge in [0.05, 0.1) is 11.0 Å². The van der Waals surface area contributed by atoms with E-state index >= 15 is 0 Å². The molecule has 4 aromatic rings. The SMILES string of the molecule is C[C@@H]1C[C@@H](n2c(Nc3ccc(OC(F)(F)F)cc3)nc3cc(OCC(=O)Nc4cccc(OC(F)F)c4)ccc32)CC(C)(C)C1. The Morgan fingerprint density at radius 2 is 1.73 bits per heavy atom. The first-order chi connectivity index (χ1) is 21.2. The van der Waals surface area contributed by atoms with Gasteiger partial charge in [-0.05, 0) is 79.1 Å². The number of carbonyl (C=O) groups is 1. The summed E-state index contributed by atoms with van der Waals surface area (Å²) < 4.78 is 79.1. The summed E-state index contributed by atoms with van der Waals surface area (Å²) in [7, 11) is 0. The molecule has 13 heteroatoms. The van der Waals surface area contributed by atoms with Crippen molar-refractivity contribution in [3.05, 3.63) is 66.7 Å². The summed E-state index contributed by atoms with van der Waals surface area (Å²) in [5, 5.41) is 5.84. The lowest BCUT2D eigenvalue weighted by Crippen LogP contribution is -2.29. The molecule has 1 heterocycles. The van der Waals surface area contributed by atoms with Crippen LogP contribution in [0.15, 0.2) is 66.7 Å². The molecule has 1 fully saturated rings. The molecule has 0 radical (unpaired) electrons. The molecule has 2 N–H and O–H groups in total. The predicted molar refractivity (Wildman–Crippen MR) is 159 cm³/mol. The lowest BCUT2D eigenvalue weighted by atomic mass is 9.70. The smallest absolute Gasteiger partial charge is 0.484 e. The second kappa shape index (κ2) is 12.8. The second-order valence-electron chi connectivity index (χ2n) is 12.0. The largest absolute Gasteiger partial charge is 0.573 e. The third-order valence-electron chi connectivity index (χ3n) is 7.45. The van der Waals surface area contributed by atoms with Crippen LogP contribution in [0.5, 0.6) is 17.2 Å². The summed E-state index contributed by atoms with van der Waals surface area (Å²) in [4.78, 5) is 17.3. The fraction of sp³-hybridized carbons (Fsp3) is 0.375. The van der Waals surface area contributed by atoms with Crippen LogP contribution >= 0.6 is 0 Å². The van der Waals surface area contributed by atoms with Gasteiger partial charge in [-0.15, -0.1) is 13.2 Å². The monoisotopic (exact) mass is 632 g/mol. The van der Waals surface area contributed by atoms with Gasteiger partial charge < -0.3 is 29.4 Å². The summed E-state index contributed by atoms with van der Waals surface area (Å²) in [6.07, 6.45) is -1.88. The van der Waals surface area contributed by atoms with Crippen molar-refractivity contribution in [2.24, 2.45) is 11.3 Å². The first-order valence-electron chi connectivity index (χ1n) is 14.4. The van der Waals surface area contributed by atoms with Gasteiger partial charge in [0.2, 0.25) is 5.95 Å². The minimum absolute atomic E-state index is 0.0875. The van der Waals surface area contributed by atoms with Crippen molar-refractivity contribution in [1.29, 1.82) is 0 Å². The van der Waals surface area contributed by atoms with Crippen molar-refractivity contribution in [3.8, 4) is 17.2 Å². The van der Waals surface area contributed by atoms with Crippen molar-refractivity contribution in [2.45, 2.75) is 59.0 Å². The molecule has 0 spiro atoms. The number of carbonyl (C=O) groups excluding carboxylic acids is 1. The van der Waals surface area contributed by atoms with E-state index in [1.54, 1.807) is 12.1 Å². The Labute approximate surface area is 256 Å². The number of nitrogens with one attached hydrogen (secondary N) is 2. The highest BCUT2D eigenvalue weighted by Gasteiger charge is 2.35.